The molecule has 28 heavy (non-hydrogen) atoms. The number of fused-ring (bicyclic) bond motifs is 4. The van der Waals surface area contributed by atoms with Crippen LogP contribution in [0.15, 0.2) is 49.2 Å². The van der Waals surface area contributed by atoms with Crippen LogP contribution in [-0.2, 0) is 14.6 Å². The van der Waals surface area contributed by atoms with Crippen molar-refractivity contribution in [3.8, 4) is 0 Å². The molecular weight excluding hydrogens is 384 g/mol. The molecule has 0 aliphatic carbocycles. The number of hydrogen-bond donors (Lipinski definition) is 1. The highest BCUT2D eigenvalue weighted by molar-refractivity contribution is 7.80. The maximum Gasteiger partial charge on any atom is 0.398 e. The Bertz CT molecular complexity index is 930. The minimum atomic E-state index is -4.59. The third-order valence-corrected chi connectivity index (χ3v) is 6.17. The summed E-state index contributed by atoms with van der Waals surface area (Å²) in [5.74, 6) is 0.878. The molecule has 9 heteroatoms. The lowest BCUT2D eigenvalue weighted by Crippen LogP contribution is -2.55. The Morgan fingerprint density at radius 3 is 2.68 bits per heavy atom. The first kappa shape index (κ1) is 22.4. The lowest BCUT2D eigenvalue weighted by atomic mass is 9.73. The molecule has 0 amide bonds. The molecule has 2 aromatic rings. The van der Waals surface area contributed by atoms with Crippen molar-refractivity contribution in [2.24, 2.45) is 11.8 Å². The van der Waals surface area contributed by atoms with Crippen LogP contribution >= 0.6 is 0 Å². The van der Waals surface area contributed by atoms with Crippen molar-refractivity contribution < 1.29 is 28.1 Å². The van der Waals surface area contributed by atoms with Gasteiger partial charge in [0.1, 0.15) is 6.10 Å². The standard InChI is InChI=1S/C19H22N2O4S.2H2O/c1-2-13-12-21-10-8-14(13)11-18(21)19(25-26(22,23)24)16-7-9-20-17-6-4-3-5-15(16)17;;/h2-7,9,13-14,18-19H,1,8,10-12H2,(H,22,23,24);2*1H2/t13-,14-,18+,19-;;/m0../s1. The second-order valence-corrected chi connectivity index (χ2v) is 8.16. The van der Waals surface area contributed by atoms with Crippen molar-refractivity contribution in [3.63, 3.8) is 0 Å². The highest BCUT2D eigenvalue weighted by Crippen LogP contribution is 2.43. The van der Waals surface area contributed by atoms with Crippen LogP contribution in [0, 0.1) is 11.8 Å². The second kappa shape index (κ2) is 8.64. The molecule has 1 aromatic heterocycles. The van der Waals surface area contributed by atoms with Gasteiger partial charge in [0, 0.05) is 24.2 Å². The van der Waals surface area contributed by atoms with E-state index in [1.165, 1.54) is 0 Å². The topological polar surface area (TPSA) is 143 Å². The van der Waals surface area contributed by atoms with E-state index in [2.05, 4.69) is 16.5 Å². The van der Waals surface area contributed by atoms with Crippen molar-refractivity contribution in [3.05, 3.63) is 54.7 Å². The minimum absolute atomic E-state index is 0. The molecule has 8 nitrogen and oxygen atoms in total. The number of rotatable bonds is 5. The van der Waals surface area contributed by atoms with Crippen molar-refractivity contribution in [2.75, 3.05) is 13.1 Å². The van der Waals surface area contributed by atoms with Gasteiger partial charge in [-0.3, -0.25) is 14.4 Å². The number of benzene rings is 1. The smallest absolute Gasteiger partial charge is 0.398 e. The van der Waals surface area contributed by atoms with Gasteiger partial charge in [-0.25, -0.2) is 4.18 Å². The Labute approximate surface area is 164 Å². The Hall–Kier alpha value is -1.88. The van der Waals surface area contributed by atoms with E-state index < -0.39 is 16.5 Å². The third-order valence-electron chi connectivity index (χ3n) is 5.72. The van der Waals surface area contributed by atoms with Gasteiger partial charge in [-0.05, 0) is 48.9 Å². The largest absolute Gasteiger partial charge is 0.412 e. The lowest BCUT2D eigenvalue weighted by Gasteiger charge is -2.51. The molecule has 2 bridgehead atoms. The summed E-state index contributed by atoms with van der Waals surface area (Å²) in [6.45, 7) is 5.67. The summed E-state index contributed by atoms with van der Waals surface area (Å²) in [4.78, 5) is 6.61. The Morgan fingerprint density at radius 1 is 1.29 bits per heavy atom. The zero-order chi connectivity index (χ0) is 18.3. The molecule has 0 saturated carbocycles. The van der Waals surface area contributed by atoms with Crippen LogP contribution in [0.4, 0.5) is 0 Å². The molecule has 1 unspecified atom stereocenters. The van der Waals surface area contributed by atoms with E-state index in [0.29, 0.717) is 11.8 Å². The number of aromatic nitrogens is 1. The van der Waals surface area contributed by atoms with E-state index in [-0.39, 0.29) is 17.0 Å². The van der Waals surface area contributed by atoms with Crippen LogP contribution in [0.25, 0.3) is 10.9 Å². The highest BCUT2D eigenvalue weighted by atomic mass is 32.3. The molecule has 4 heterocycles. The highest BCUT2D eigenvalue weighted by Gasteiger charge is 2.44. The van der Waals surface area contributed by atoms with Crippen LogP contribution in [0.3, 0.4) is 0 Å². The zero-order valence-electron chi connectivity index (χ0n) is 15.4. The summed E-state index contributed by atoms with van der Waals surface area (Å²) in [5, 5.41) is 0.839. The van der Waals surface area contributed by atoms with Gasteiger partial charge >= 0.3 is 10.4 Å². The average molecular weight is 410 g/mol. The SMILES string of the molecule is C=C[C@H]1CN2CC[C@H]1C[C@@H]2[C@@H](OS(=O)(=O)O)c1ccnc2ccccc12.O.O. The molecule has 5 rings (SSSR count). The van der Waals surface area contributed by atoms with E-state index in [9.17, 15) is 13.0 Å². The Morgan fingerprint density at radius 2 is 2.04 bits per heavy atom. The summed E-state index contributed by atoms with van der Waals surface area (Å²) in [6.07, 6.45) is 4.76. The Balaban J connectivity index is 0.00000140. The van der Waals surface area contributed by atoms with Crippen LogP contribution < -0.4 is 0 Å². The van der Waals surface area contributed by atoms with E-state index in [0.717, 1.165) is 42.4 Å². The van der Waals surface area contributed by atoms with Gasteiger partial charge in [-0.2, -0.15) is 8.42 Å². The molecule has 154 valence electrons. The first-order valence-corrected chi connectivity index (χ1v) is 10.2. The molecule has 0 radical (unpaired) electrons. The van der Waals surface area contributed by atoms with Gasteiger partial charge < -0.3 is 11.0 Å². The predicted molar refractivity (Wildman–Crippen MR) is 106 cm³/mol. The van der Waals surface area contributed by atoms with Gasteiger partial charge in [-0.15, -0.1) is 6.58 Å². The minimum Gasteiger partial charge on any atom is -0.412 e. The van der Waals surface area contributed by atoms with Crippen molar-refractivity contribution in [1.29, 1.82) is 0 Å². The van der Waals surface area contributed by atoms with E-state index in [4.69, 9.17) is 4.18 Å². The lowest BCUT2D eigenvalue weighted by molar-refractivity contribution is -0.0365. The van der Waals surface area contributed by atoms with E-state index >= 15 is 0 Å². The molecule has 3 fully saturated rings. The van der Waals surface area contributed by atoms with Crippen LogP contribution in [0.2, 0.25) is 0 Å². The fraction of sp³-hybridized carbons (Fsp3) is 0.421. The molecule has 1 aromatic carbocycles. The number of piperidine rings is 3. The maximum atomic E-state index is 11.6. The van der Waals surface area contributed by atoms with Crippen LogP contribution in [0.1, 0.15) is 24.5 Å². The number of nitrogens with zero attached hydrogens (tertiary/aromatic N) is 2. The average Bonchev–Trinajstić information content (AvgIpc) is 2.65. The fourth-order valence-electron chi connectivity index (χ4n) is 4.51. The zero-order valence-corrected chi connectivity index (χ0v) is 16.2. The molecule has 3 aliphatic heterocycles. The van der Waals surface area contributed by atoms with Gasteiger partial charge in [0.15, 0.2) is 0 Å². The van der Waals surface area contributed by atoms with Gasteiger partial charge in [0.05, 0.1) is 5.52 Å². The Kier molecular flexibility index (Phi) is 6.92. The van der Waals surface area contributed by atoms with E-state index in [1.807, 2.05) is 30.3 Å². The summed E-state index contributed by atoms with van der Waals surface area (Å²) < 4.78 is 37.9. The quantitative estimate of drug-likeness (QED) is 0.582. The molecular formula is C19H26N2O6S. The summed E-state index contributed by atoms with van der Waals surface area (Å²) in [6, 6.07) is 9.23. The number of pyridine rings is 1. The van der Waals surface area contributed by atoms with Gasteiger partial charge in [-0.1, -0.05) is 24.3 Å². The van der Waals surface area contributed by atoms with Crippen LogP contribution in [-0.4, -0.2) is 52.9 Å². The van der Waals surface area contributed by atoms with Gasteiger partial charge in [0.25, 0.3) is 0 Å². The van der Waals surface area contributed by atoms with Crippen molar-refractivity contribution in [1.82, 2.24) is 9.88 Å². The molecule has 3 saturated heterocycles. The fourth-order valence-corrected chi connectivity index (χ4v) is 5.01. The van der Waals surface area contributed by atoms with Crippen LogP contribution in [0.5, 0.6) is 0 Å². The second-order valence-electron chi connectivity index (χ2n) is 7.11. The molecule has 3 aliphatic rings. The monoisotopic (exact) mass is 410 g/mol. The predicted octanol–water partition coefficient (Wildman–Crippen LogP) is 1.34. The third kappa shape index (κ3) is 4.24. The maximum absolute atomic E-state index is 11.6. The van der Waals surface area contributed by atoms with Gasteiger partial charge in [0.2, 0.25) is 0 Å². The summed E-state index contributed by atoms with van der Waals surface area (Å²) in [5.41, 5.74) is 1.51. The first-order valence-electron chi connectivity index (χ1n) is 8.82. The number of hydrogen-bond acceptors (Lipinski definition) is 5. The molecule has 5 N–H and O–H groups in total. The summed E-state index contributed by atoms with van der Waals surface area (Å²) in [7, 11) is -4.59. The van der Waals surface area contributed by atoms with E-state index in [1.54, 1.807) is 12.3 Å². The number of para-hydroxylation sites is 1. The summed E-state index contributed by atoms with van der Waals surface area (Å²) >= 11 is 0. The molecule has 0 spiro atoms. The van der Waals surface area contributed by atoms with Crippen molar-refractivity contribution in [2.45, 2.75) is 25.0 Å². The molecule has 5 atom stereocenters. The first-order chi connectivity index (χ1) is 12.5. The van der Waals surface area contributed by atoms with Crippen molar-refractivity contribution >= 4 is 21.3 Å². The normalized spacial score (nSPS) is 27.5.